The van der Waals surface area contributed by atoms with Gasteiger partial charge in [0, 0.05) is 26.2 Å². The van der Waals surface area contributed by atoms with Gasteiger partial charge in [0.15, 0.2) is 0 Å². The second kappa shape index (κ2) is 37.6. The number of ether oxygens (including phenoxy) is 4. The summed E-state index contributed by atoms with van der Waals surface area (Å²) in [5, 5.41) is 22.4. The van der Waals surface area contributed by atoms with Gasteiger partial charge in [-0.2, -0.15) is 10.5 Å². The molecule has 0 spiro atoms. The van der Waals surface area contributed by atoms with Crippen LogP contribution < -0.4 is 10.6 Å². The molecule has 0 rings (SSSR count). The van der Waals surface area contributed by atoms with Crippen molar-refractivity contribution in [1.82, 2.24) is 20.4 Å². The Morgan fingerprint density at radius 2 is 0.833 bits per heavy atom. The minimum absolute atomic E-state index is 0.0176. The molecule has 0 aliphatic rings. The molecule has 2 N–H and O–H groups in total. The number of nitrogens with one attached hydrogen (secondary N) is 2. The van der Waals surface area contributed by atoms with Crippen LogP contribution in [0.2, 0.25) is 0 Å². The fourth-order valence-corrected chi connectivity index (χ4v) is 4.93. The largest absolute Gasteiger partial charge is 0.449 e. The first-order valence-electron chi connectivity index (χ1n) is 19.0. The molecule has 302 valence electrons. The van der Waals surface area contributed by atoms with Gasteiger partial charge in [0.1, 0.15) is 13.2 Å². The van der Waals surface area contributed by atoms with Crippen molar-refractivity contribution in [2.75, 3.05) is 65.7 Å². The molecule has 18 heteroatoms. The van der Waals surface area contributed by atoms with Crippen LogP contribution in [0, 0.1) is 23.0 Å². The molecule has 0 radical (unpaired) electrons. The van der Waals surface area contributed by atoms with Gasteiger partial charge in [0.05, 0.1) is 26.3 Å². The fourth-order valence-electron chi connectivity index (χ4n) is 4.93. The molecule has 0 saturated heterocycles. The first kappa shape index (κ1) is 48.8. The first-order valence-corrected chi connectivity index (χ1v) is 19.0. The van der Waals surface area contributed by atoms with Crippen LogP contribution in [0.5, 0.6) is 0 Å². The Balaban J connectivity index is 4.82. The van der Waals surface area contributed by atoms with Gasteiger partial charge >= 0.3 is 24.2 Å². The highest BCUT2D eigenvalue weighted by molar-refractivity contribution is 5.91. The third-order valence-electron chi connectivity index (χ3n) is 7.88. The monoisotopic (exact) mass is 762 g/mol. The standard InChI is InChI=1S/C36H58N8O10/c37-29-51-25-15-7-4-12-22-42-34(48)44(24-14-6-8-16-26-52-30-38)36(50)54-28-18-17-27-53-35(49)43(23-13-5-3-10-20-40-32-46)33(47)41-21-11-2-1-9-19-39-31-45/h1-28H2,(H,41,47)(H,42,48). The molecule has 0 unspecified atom stereocenters. The second-order valence-electron chi connectivity index (χ2n) is 12.2. The number of isocyanates is 2. The summed E-state index contributed by atoms with van der Waals surface area (Å²) >= 11 is 0. The number of rotatable bonds is 33. The Morgan fingerprint density at radius 3 is 1.22 bits per heavy atom. The van der Waals surface area contributed by atoms with Crippen LogP contribution in [0.4, 0.5) is 19.2 Å². The summed E-state index contributed by atoms with van der Waals surface area (Å²) in [6, 6.07) is -1.13. The zero-order valence-corrected chi connectivity index (χ0v) is 31.6. The van der Waals surface area contributed by atoms with Crippen LogP contribution in [0.25, 0.3) is 0 Å². The van der Waals surface area contributed by atoms with Crippen LogP contribution >= 0.6 is 0 Å². The summed E-state index contributed by atoms with van der Waals surface area (Å²) in [6.07, 6.45) is 16.9. The Labute approximate surface area is 318 Å². The summed E-state index contributed by atoms with van der Waals surface area (Å²) < 4.78 is 20.1. The average Bonchev–Trinajstić information content (AvgIpc) is 3.17. The molecule has 0 aliphatic heterocycles. The van der Waals surface area contributed by atoms with Crippen molar-refractivity contribution in [3.05, 3.63) is 0 Å². The fraction of sp³-hybridized carbons (Fsp3) is 0.778. The zero-order valence-electron chi connectivity index (χ0n) is 31.6. The van der Waals surface area contributed by atoms with Gasteiger partial charge in [-0.3, -0.25) is 0 Å². The van der Waals surface area contributed by atoms with Crippen molar-refractivity contribution in [1.29, 1.82) is 10.5 Å². The molecule has 54 heavy (non-hydrogen) atoms. The number of amides is 6. The lowest BCUT2D eigenvalue weighted by Crippen LogP contribution is -2.45. The zero-order chi connectivity index (χ0) is 39.7. The van der Waals surface area contributed by atoms with Crippen molar-refractivity contribution < 1.29 is 47.7 Å². The molecular weight excluding hydrogens is 704 g/mol. The number of aliphatic imine (C=N–C) groups is 2. The molecular formula is C36H58N8O10. The first-order chi connectivity index (χ1) is 26.4. The highest BCUT2D eigenvalue weighted by Crippen LogP contribution is 2.08. The smallest absolute Gasteiger partial charge is 0.417 e. The van der Waals surface area contributed by atoms with Crippen molar-refractivity contribution in [3.8, 4) is 12.5 Å². The quantitative estimate of drug-likeness (QED) is 0.0340. The minimum atomic E-state index is -0.792. The molecule has 18 nitrogen and oxygen atoms in total. The predicted octanol–water partition coefficient (Wildman–Crippen LogP) is 5.97. The van der Waals surface area contributed by atoms with Crippen LogP contribution in [0.15, 0.2) is 9.98 Å². The van der Waals surface area contributed by atoms with Crippen LogP contribution in [-0.2, 0) is 28.5 Å². The van der Waals surface area contributed by atoms with Gasteiger partial charge in [-0.1, -0.05) is 38.5 Å². The number of nitrogens with zero attached hydrogens (tertiary/aromatic N) is 6. The summed E-state index contributed by atoms with van der Waals surface area (Å²) in [6.45, 7) is 2.45. The third kappa shape index (κ3) is 29.4. The predicted molar refractivity (Wildman–Crippen MR) is 195 cm³/mol. The molecule has 0 heterocycles. The summed E-state index contributed by atoms with van der Waals surface area (Å²) in [7, 11) is 0. The molecule has 0 aromatic heterocycles. The van der Waals surface area contributed by atoms with Crippen LogP contribution in [0.1, 0.15) is 116 Å². The number of carbonyl (C=O) groups excluding carboxylic acids is 6. The van der Waals surface area contributed by atoms with Gasteiger partial charge in [-0.05, 0) is 77.0 Å². The Kier molecular flexibility index (Phi) is 34.0. The molecule has 0 saturated carbocycles. The van der Waals surface area contributed by atoms with Gasteiger partial charge < -0.3 is 29.6 Å². The Bertz CT molecular complexity index is 1210. The van der Waals surface area contributed by atoms with Crippen molar-refractivity contribution in [2.24, 2.45) is 9.98 Å². The number of carbonyl (C=O) groups is 4. The number of nitriles is 2. The van der Waals surface area contributed by atoms with Crippen molar-refractivity contribution in [3.63, 3.8) is 0 Å². The topological polar surface area (TPSA) is 242 Å². The average molecular weight is 763 g/mol. The van der Waals surface area contributed by atoms with E-state index in [1.165, 1.54) is 12.2 Å². The van der Waals surface area contributed by atoms with Crippen LogP contribution in [0.3, 0.4) is 0 Å². The van der Waals surface area contributed by atoms with E-state index >= 15 is 0 Å². The number of hydrogen-bond donors (Lipinski definition) is 2. The van der Waals surface area contributed by atoms with Gasteiger partial charge in [-0.25, -0.2) is 48.6 Å². The molecule has 0 aliphatic carbocycles. The molecule has 0 aromatic rings. The highest BCUT2D eigenvalue weighted by Gasteiger charge is 2.23. The molecule has 6 amide bonds. The maximum Gasteiger partial charge on any atom is 0.417 e. The van der Waals surface area contributed by atoms with E-state index in [-0.39, 0.29) is 26.3 Å². The molecule has 0 bridgehead atoms. The lowest BCUT2D eigenvalue weighted by molar-refractivity contribution is 0.0945. The van der Waals surface area contributed by atoms with E-state index in [1.807, 2.05) is 0 Å². The molecule has 0 fully saturated rings. The Morgan fingerprint density at radius 1 is 0.481 bits per heavy atom. The maximum atomic E-state index is 12.9. The van der Waals surface area contributed by atoms with E-state index in [2.05, 4.69) is 30.1 Å². The van der Waals surface area contributed by atoms with E-state index < -0.39 is 24.2 Å². The second-order valence-corrected chi connectivity index (χ2v) is 12.2. The maximum absolute atomic E-state index is 12.9. The highest BCUT2D eigenvalue weighted by atomic mass is 16.6. The van der Waals surface area contributed by atoms with Gasteiger partial charge in [0.25, 0.3) is 12.5 Å². The summed E-state index contributed by atoms with van der Waals surface area (Å²) in [5.74, 6) is 0. The SMILES string of the molecule is N#COCCCCCCNC(=O)N(CCCCCCOC#N)C(=O)OCCCCOC(=O)N(CCCCCCN=C=O)C(=O)NCCCCCCN=C=O. The Hall–Kier alpha value is -5.18. The number of imide groups is 2. The number of unbranched alkanes of at least 4 members (excludes halogenated alkanes) is 13. The normalized spacial score (nSPS) is 9.96. The summed E-state index contributed by atoms with van der Waals surface area (Å²) in [4.78, 5) is 81.0. The van der Waals surface area contributed by atoms with Crippen molar-refractivity contribution in [2.45, 2.75) is 116 Å². The van der Waals surface area contributed by atoms with E-state index in [4.69, 9.17) is 20.0 Å². The lowest BCUT2D eigenvalue weighted by atomic mass is 10.2. The number of urea groups is 2. The third-order valence-corrected chi connectivity index (χ3v) is 7.88. The summed E-state index contributed by atoms with van der Waals surface area (Å²) in [5.41, 5.74) is 0. The van der Waals surface area contributed by atoms with E-state index in [9.17, 15) is 28.8 Å². The van der Waals surface area contributed by atoms with Gasteiger partial charge in [-0.15, -0.1) is 0 Å². The van der Waals surface area contributed by atoms with Gasteiger partial charge in [0.2, 0.25) is 12.2 Å². The lowest BCUT2D eigenvalue weighted by Gasteiger charge is -2.21. The molecule has 0 atom stereocenters. The minimum Gasteiger partial charge on any atom is -0.449 e. The number of hydrogen-bond acceptors (Lipinski definition) is 14. The van der Waals surface area contributed by atoms with E-state index in [1.54, 1.807) is 12.5 Å². The van der Waals surface area contributed by atoms with E-state index in [0.29, 0.717) is 104 Å². The van der Waals surface area contributed by atoms with Crippen LogP contribution in [-0.4, -0.2) is 112 Å². The van der Waals surface area contributed by atoms with E-state index in [0.717, 1.165) is 61.2 Å². The van der Waals surface area contributed by atoms with Crippen molar-refractivity contribution >= 4 is 36.4 Å². The molecule has 0 aromatic carbocycles.